The van der Waals surface area contributed by atoms with E-state index < -0.39 is 23.4 Å². The second-order valence-corrected chi connectivity index (χ2v) is 7.30. The van der Waals surface area contributed by atoms with Crippen LogP contribution in [0.2, 0.25) is 0 Å². The normalized spacial score (nSPS) is 10.3. The third kappa shape index (κ3) is 5.92. The Balaban J connectivity index is 1.56. The van der Waals surface area contributed by atoms with Crippen molar-refractivity contribution in [3.05, 3.63) is 94.5 Å². The Bertz CT molecular complexity index is 1060. The van der Waals surface area contributed by atoms with Crippen LogP contribution in [-0.2, 0) is 20.7 Å². The minimum atomic E-state index is -0.716. The standard InChI is InChI=1S/C22H18N2O5S/c25-21(15-29-22(26)14-16-8-4-6-12-19(16)24(27)28)23-18-11-5-7-13-20(18)30-17-9-2-1-3-10-17/h1-13H,14-15H2,(H,23,25). The van der Waals surface area contributed by atoms with Crippen molar-refractivity contribution in [1.29, 1.82) is 0 Å². The number of ether oxygens (including phenoxy) is 1. The number of carbonyl (C=O) groups is 2. The molecule has 0 aliphatic heterocycles. The first kappa shape index (κ1) is 21.1. The number of carbonyl (C=O) groups excluding carboxylic acids is 2. The highest BCUT2D eigenvalue weighted by molar-refractivity contribution is 7.99. The van der Waals surface area contributed by atoms with Crippen LogP contribution in [0.1, 0.15) is 5.56 Å². The Labute approximate surface area is 177 Å². The molecule has 0 aliphatic carbocycles. The zero-order chi connectivity index (χ0) is 21.3. The molecule has 30 heavy (non-hydrogen) atoms. The molecule has 0 saturated heterocycles. The second-order valence-electron chi connectivity index (χ2n) is 6.18. The quantitative estimate of drug-likeness (QED) is 0.327. The molecule has 7 nitrogen and oxygen atoms in total. The zero-order valence-corrected chi connectivity index (χ0v) is 16.6. The smallest absolute Gasteiger partial charge is 0.311 e. The van der Waals surface area contributed by atoms with Crippen molar-refractivity contribution in [3.8, 4) is 0 Å². The fourth-order valence-corrected chi connectivity index (χ4v) is 3.57. The lowest BCUT2D eigenvalue weighted by Gasteiger charge is -2.11. The van der Waals surface area contributed by atoms with Crippen LogP contribution in [0.25, 0.3) is 0 Å². The van der Waals surface area contributed by atoms with E-state index in [0.717, 1.165) is 9.79 Å². The van der Waals surface area contributed by atoms with Gasteiger partial charge < -0.3 is 10.1 Å². The summed E-state index contributed by atoms with van der Waals surface area (Å²) >= 11 is 1.50. The summed E-state index contributed by atoms with van der Waals surface area (Å²) in [7, 11) is 0. The monoisotopic (exact) mass is 422 g/mol. The van der Waals surface area contributed by atoms with Crippen LogP contribution < -0.4 is 5.32 Å². The maximum absolute atomic E-state index is 12.2. The van der Waals surface area contributed by atoms with Gasteiger partial charge in [-0.2, -0.15) is 0 Å². The molecule has 3 aromatic carbocycles. The van der Waals surface area contributed by atoms with Crippen molar-refractivity contribution in [2.45, 2.75) is 16.2 Å². The topological polar surface area (TPSA) is 98.5 Å². The Hall–Kier alpha value is -3.65. The summed E-state index contributed by atoms with van der Waals surface area (Å²) in [6, 6.07) is 22.9. The van der Waals surface area contributed by atoms with Crippen molar-refractivity contribution in [3.63, 3.8) is 0 Å². The van der Waals surface area contributed by atoms with Crippen molar-refractivity contribution >= 4 is 35.0 Å². The molecule has 1 N–H and O–H groups in total. The Morgan fingerprint density at radius 1 is 0.933 bits per heavy atom. The number of nitro benzene ring substituents is 1. The summed E-state index contributed by atoms with van der Waals surface area (Å²) in [5.41, 5.74) is 0.675. The van der Waals surface area contributed by atoms with Gasteiger partial charge in [-0.3, -0.25) is 19.7 Å². The second kappa shape index (κ2) is 10.2. The van der Waals surface area contributed by atoms with Crippen molar-refractivity contribution in [1.82, 2.24) is 0 Å². The van der Waals surface area contributed by atoms with Gasteiger partial charge in [-0.1, -0.05) is 60.3 Å². The van der Waals surface area contributed by atoms with E-state index in [2.05, 4.69) is 5.32 Å². The Kier molecular flexibility index (Phi) is 7.18. The molecule has 3 aromatic rings. The number of amides is 1. The van der Waals surface area contributed by atoms with Gasteiger partial charge in [0.15, 0.2) is 6.61 Å². The number of nitrogens with zero attached hydrogens (tertiary/aromatic N) is 1. The third-order valence-corrected chi connectivity index (χ3v) is 5.10. The van der Waals surface area contributed by atoms with Crippen LogP contribution in [0.3, 0.4) is 0 Å². The van der Waals surface area contributed by atoms with E-state index in [-0.39, 0.29) is 17.7 Å². The Morgan fingerprint density at radius 2 is 1.60 bits per heavy atom. The van der Waals surface area contributed by atoms with E-state index in [1.165, 1.54) is 30.0 Å². The predicted molar refractivity (Wildman–Crippen MR) is 113 cm³/mol. The number of benzene rings is 3. The predicted octanol–water partition coefficient (Wildman–Crippen LogP) is 4.47. The van der Waals surface area contributed by atoms with E-state index in [4.69, 9.17) is 4.74 Å². The summed E-state index contributed by atoms with van der Waals surface area (Å²) in [6.45, 7) is -0.482. The maximum atomic E-state index is 12.2. The van der Waals surface area contributed by atoms with Crippen LogP contribution in [0.5, 0.6) is 0 Å². The van der Waals surface area contributed by atoms with Crippen LogP contribution in [0.4, 0.5) is 11.4 Å². The maximum Gasteiger partial charge on any atom is 0.311 e. The first-order valence-corrected chi connectivity index (χ1v) is 9.84. The molecule has 0 radical (unpaired) electrons. The molecule has 0 unspecified atom stereocenters. The average molecular weight is 422 g/mol. The van der Waals surface area contributed by atoms with Gasteiger partial charge in [0.2, 0.25) is 0 Å². The van der Waals surface area contributed by atoms with Crippen LogP contribution in [0.15, 0.2) is 88.7 Å². The SMILES string of the molecule is O=C(COC(=O)Cc1ccccc1[N+](=O)[O-])Nc1ccccc1Sc1ccccc1. The number of hydrogen-bond acceptors (Lipinski definition) is 6. The minimum Gasteiger partial charge on any atom is -0.455 e. The molecule has 8 heteroatoms. The summed E-state index contributed by atoms with van der Waals surface area (Å²) in [4.78, 5) is 36.6. The lowest BCUT2D eigenvalue weighted by Crippen LogP contribution is -2.22. The number of nitrogens with one attached hydrogen (secondary N) is 1. The molecular weight excluding hydrogens is 404 g/mol. The van der Waals surface area contributed by atoms with Crippen LogP contribution >= 0.6 is 11.8 Å². The molecule has 3 rings (SSSR count). The largest absolute Gasteiger partial charge is 0.455 e. The number of hydrogen-bond donors (Lipinski definition) is 1. The highest BCUT2D eigenvalue weighted by atomic mass is 32.2. The third-order valence-electron chi connectivity index (χ3n) is 4.02. The number of para-hydroxylation sites is 2. The fourth-order valence-electron chi connectivity index (χ4n) is 2.65. The highest BCUT2D eigenvalue weighted by Crippen LogP contribution is 2.33. The van der Waals surface area contributed by atoms with Crippen LogP contribution in [-0.4, -0.2) is 23.4 Å². The molecule has 0 atom stereocenters. The highest BCUT2D eigenvalue weighted by Gasteiger charge is 2.17. The summed E-state index contributed by atoms with van der Waals surface area (Å²) in [5, 5.41) is 13.8. The van der Waals surface area contributed by atoms with Gasteiger partial charge in [0.25, 0.3) is 11.6 Å². The van der Waals surface area contributed by atoms with E-state index in [1.54, 1.807) is 18.2 Å². The first-order chi connectivity index (χ1) is 14.5. The number of nitro groups is 1. The molecular formula is C22H18N2O5S. The van der Waals surface area contributed by atoms with Gasteiger partial charge in [-0.05, 0) is 24.3 Å². The molecule has 1 amide bonds. The van der Waals surface area contributed by atoms with Gasteiger partial charge in [0, 0.05) is 21.4 Å². The van der Waals surface area contributed by atoms with Crippen molar-refractivity contribution in [2.24, 2.45) is 0 Å². The molecule has 0 bridgehead atoms. The molecule has 0 spiro atoms. The lowest BCUT2D eigenvalue weighted by molar-refractivity contribution is -0.385. The fraction of sp³-hybridized carbons (Fsp3) is 0.0909. The van der Waals surface area contributed by atoms with E-state index >= 15 is 0 Å². The molecule has 152 valence electrons. The molecule has 0 aromatic heterocycles. The van der Waals surface area contributed by atoms with Crippen molar-refractivity contribution < 1.29 is 19.2 Å². The van der Waals surface area contributed by atoms with E-state index in [0.29, 0.717) is 5.69 Å². The summed E-state index contributed by atoms with van der Waals surface area (Å²) in [6.07, 6.45) is -0.287. The zero-order valence-electron chi connectivity index (χ0n) is 15.8. The molecule has 0 fully saturated rings. The van der Waals surface area contributed by atoms with E-state index in [1.807, 2.05) is 42.5 Å². The van der Waals surface area contributed by atoms with Gasteiger partial charge in [0.05, 0.1) is 17.0 Å². The average Bonchev–Trinajstić information content (AvgIpc) is 2.75. The van der Waals surface area contributed by atoms with Gasteiger partial charge in [-0.15, -0.1) is 0 Å². The molecule has 0 saturated carbocycles. The van der Waals surface area contributed by atoms with Gasteiger partial charge in [-0.25, -0.2) is 0 Å². The molecule has 0 heterocycles. The molecule has 0 aliphatic rings. The minimum absolute atomic E-state index is 0.161. The van der Waals surface area contributed by atoms with E-state index in [9.17, 15) is 19.7 Å². The number of rotatable bonds is 8. The number of anilines is 1. The number of esters is 1. The summed E-state index contributed by atoms with van der Waals surface area (Å²) < 4.78 is 4.99. The Morgan fingerprint density at radius 3 is 2.37 bits per heavy atom. The summed E-state index contributed by atoms with van der Waals surface area (Å²) in [5.74, 6) is -1.21. The first-order valence-electron chi connectivity index (χ1n) is 9.02. The lowest BCUT2D eigenvalue weighted by atomic mass is 10.1. The van der Waals surface area contributed by atoms with Gasteiger partial charge >= 0.3 is 5.97 Å². The van der Waals surface area contributed by atoms with Gasteiger partial charge in [0.1, 0.15) is 0 Å². The van der Waals surface area contributed by atoms with Crippen LogP contribution in [0, 0.1) is 10.1 Å². The van der Waals surface area contributed by atoms with Crippen molar-refractivity contribution in [2.75, 3.05) is 11.9 Å².